The van der Waals surface area contributed by atoms with Gasteiger partial charge in [0.15, 0.2) is 11.5 Å². The number of aryl methyl sites for hydroxylation is 1. The zero-order chi connectivity index (χ0) is 26.9. The normalized spacial score (nSPS) is 13.9. The Balaban J connectivity index is 1.44. The number of para-hydroxylation sites is 2. The smallest absolute Gasteiger partial charge is 0.294 e. The molecule has 0 aromatic heterocycles. The monoisotopic (exact) mass is 511 g/mol. The van der Waals surface area contributed by atoms with Gasteiger partial charge in [0.2, 0.25) is 0 Å². The van der Waals surface area contributed by atoms with Gasteiger partial charge in [-0.1, -0.05) is 74.4 Å². The summed E-state index contributed by atoms with van der Waals surface area (Å²) in [7, 11) is 0. The maximum absolute atomic E-state index is 13.5. The molecule has 1 aliphatic heterocycles. The molecule has 1 N–H and O–H groups in total. The maximum Gasteiger partial charge on any atom is 0.294 e. The Bertz CT molecular complexity index is 1270. The largest absolute Gasteiger partial charge is 0.449 e. The van der Waals surface area contributed by atoms with Gasteiger partial charge in [-0.15, -0.1) is 0 Å². The highest BCUT2D eigenvalue weighted by atomic mass is 16.5. The predicted molar refractivity (Wildman–Crippen MR) is 153 cm³/mol. The summed E-state index contributed by atoms with van der Waals surface area (Å²) in [6, 6.07) is 23.0. The minimum atomic E-state index is -0.199. The van der Waals surface area contributed by atoms with E-state index in [1.165, 1.54) is 18.4 Å². The second kappa shape index (κ2) is 13.1. The van der Waals surface area contributed by atoms with E-state index in [1.54, 1.807) is 23.1 Å². The lowest BCUT2D eigenvalue weighted by atomic mass is 10.1. The first-order valence-electron chi connectivity index (χ1n) is 13.4. The number of nitrogens with zero attached hydrogens (tertiary/aromatic N) is 2. The van der Waals surface area contributed by atoms with Crippen molar-refractivity contribution in [3.63, 3.8) is 0 Å². The van der Waals surface area contributed by atoms with Gasteiger partial charge in [0, 0.05) is 18.7 Å². The first-order chi connectivity index (χ1) is 18.5. The number of carbonyl (C=O) groups excluding carboxylic acids is 2. The van der Waals surface area contributed by atoms with Crippen LogP contribution in [0.3, 0.4) is 0 Å². The fourth-order valence-electron chi connectivity index (χ4n) is 4.42. The van der Waals surface area contributed by atoms with Crippen molar-refractivity contribution in [2.45, 2.75) is 40.2 Å². The summed E-state index contributed by atoms with van der Waals surface area (Å²) in [4.78, 5) is 30.2. The summed E-state index contributed by atoms with van der Waals surface area (Å²) >= 11 is 0. The fourth-order valence-corrected chi connectivity index (χ4v) is 4.42. The quantitative estimate of drug-likeness (QED) is 0.330. The molecule has 0 spiro atoms. The molecule has 0 atom stereocenters. The molecule has 198 valence electrons. The third kappa shape index (κ3) is 6.90. The number of amides is 2. The van der Waals surface area contributed by atoms with Gasteiger partial charge in [-0.2, -0.15) is 0 Å². The maximum atomic E-state index is 13.5. The summed E-state index contributed by atoms with van der Waals surface area (Å²) in [6.45, 7) is 10.3. The minimum absolute atomic E-state index is 0.0982. The van der Waals surface area contributed by atoms with E-state index in [2.05, 4.69) is 24.1 Å². The van der Waals surface area contributed by atoms with Crippen molar-refractivity contribution in [3.05, 3.63) is 101 Å². The third-order valence-corrected chi connectivity index (χ3v) is 6.75. The van der Waals surface area contributed by atoms with Gasteiger partial charge in [0.1, 0.15) is 0 Å². The van der Waals surface area contributed by atoms with Crippen LogP contribution in [0.25, 0.3) is 6.08 Å². The van der Waals surface area contributed by atoms with Crippen molar-refractivity contribution in [1.29, 1.82) is 0 Å². The zero-order valence-corrected chi connectivity index (χ0v) is 22.6. The van der Waals surface area contributed by atoms with Crippen LogP contribution in [0.15, 0.2) is 78.6 Å². The van der Waals surface area contributed by atoms with Crippen LogP contribution in [0.4, 0.5) is 5.69 Å². The number of ether oxygens (including phenoxy) is 1. The topological polar surface area (TPSA) is 61.9 Å². The van der Waals surface area contributed by atoms with E-state index in [0.29, 0.717) is 24.4 Å². The van der Waals surface area contributed by atoms with Gasteiger partial charge in [-0.05, 0) is 67.9 Å². The molecule has 6 heteroatoms. The number of fused-ring (bicyclic) bond motifs is 1. The van der Waals surface area contributed by atoms with Crippen LogP contribution in [0.2, 0.25) is 0 Å². The van der Waals surface area contributed by atoms with E-state index in [0.717, 1.165) is 36.4 Å². The molecule has 0 saturated heterocycles. The van der Waals surface area contributed by atoms with Crippen molar-refractivity contribution < 1.29 is 14.3 Å². The lowest BCUT2D eigenvalue weighted by Gasteiger charge is -2.30. The van der Waals surface area contributed by atoms with E-state index in [9.17, 15) is 9.59 Å². The number of benzene rings is 3. The lowest BCUT2D eigenvalue weighted by molar-refractivity contribution is -0.117. The van der Waals surface area contributed by atoms with Crippen LogP contribution in [0.5, 0.6) is 5.75 Å². The summed E-state index contributed by atoms with van der Waals surface area (Å²) in [6.07, 6.45) is 4.06. The van der Waals surface area contributed by atoms with Crippen molar-refractivity contribution in [2.24, 2.45) is 0 Å². The van der Waals surface area contributed by atoms with Crippen molar-refractivity contribution in [3.8, 4) is 5.75 Å². The molecule has 3 aromatic rings. The Labute approximate surface area is 225 Å². The molecule has 0 unspecified atom stereocenters. The van der Waals surface area contributed by atoms with Gasteiger partial charge in [0.05, 0.1) is 12.2 Å². The molecule has 0 saturated carbocycles. The standard InChI is InChI=1S/C32H37N3O3/c1-4-6-20-34(5-2)21-19-33-31(36)27-17-15-25(16-18-27)22-30-32(37)35(23-26-13-11-24(3)12-14-26)28-9-7-8-10-29(28)38-30/h7-18,22H,4-6,19-21,23H2,1-3H3,(H,33,36). The first kappa shape index (κ1) is 27.1. The van der Waals surface area contributed by atoms with Crippen molar-refractivity contribution in [1.82, 2.24) is 10.2 Å². The molecule has 2 amide bonds. The zero-order valence-electron chi connectivity index (χ0n) is 22.6. The van der Waals surface area contributed by atoms with Gasteiger partial charge >= 0.3 is 0 Å². The van der Waals surface area contributed by atoms with Crippen LogP contribution >= 0.6 is 0 Å². The Morgan fingerprint density at radius 1 is 0.974 bits per heavy atom. The number of hydrogen-bond acceptors (Lipinski definition) is 4. The van der Waals surface area contributed by atoms with Crippen LogP contribution in [0.1, 0.15) is 53.7 Å². The lowest BCUT2D eigenvalue weighted by Crippen LogP contribution is -2.36. The van der Waals surface area contributed by atoms with Crippen molar-refractivity contribution >= 4 is 23.6 Å². The third-order valence-electron chi connectivity index (χ3n) is 6.75. The molecule has 1 aliphatic rings. The van der Waals surface area contributed by atoms with E-state index < -0.39 is 0 Å². The van der Waals surface area contributed by atoms with E-state index in [-0.39, 0.29) is 17.6 Å². The van der Waals surface area contributed by atoms with Crippen molar-refractivity contribution in [2.75, 3.05) is 31.1 Å². The van der Waals surface area contributed by atoms with Crippen LogP contribution in [0, 0.1) is 6.92 Å². The molecule has 6 nitrogen and oxygen atoms in total. The van der Waals surface area contributed by atoms with Crippen LogP contribution in [-0.2, 0) is 11.3 Å². The van der Waals surface area contributed by atoms with E-state index >= 15 is 0 Å². The molecule has 1 heterocycles. The highest BCUT2D eigenvalue weighted by molar-refractivity contribution is 6.09. The van der Waals surface area contributed by atoms with Gasteiger partial charge < -0.3 is 15.0 Å². The van der Waals surface area contributed by atoms with Crippen LogP contribution in [-0.4, -0.2) is 42.9 Å². The Hall–Kier alpha value is -3.90. The second-order valence-corrected chi connectivity index (χ2v) is 9.62. The number of unbranched alkanes of at least 4 members (excludes halogenated alkanes) is 1. The van der Waals surface area contributed by atoms with E-state index in [4.69, 9.17) is 4.74 Å². The number of anilines is 1. The van der Waals surface area contributed by atoms with Gasteiger partial charge in [-0.3, -0.25) is 14.5 Å². The fraction of sp³-hybridized carbons (Fsp3) is 0.312. The van der Waals surface area contributed by atoms with Gasteiger partial charge in [-0.25, -0.2) is 0 Å². The Morgan fingerprint density at radius 2 is 1.71 bits per heavy atom. The molecule has 38 heavy (non-hydrogen) atoms. The average molecular weight is 512 g/mol. The summed E-state index contributed by atoms with van der Waals surface area (Å²) in [5, 5.41) is 3.01. The highest BCUT2D eigenvalue weighted by Crippen LogP contribution is 2.36. The SMILES string of the molecule is CCCCN(CC)CCNC(=O)c1ccc(C=C2Oc3ccccc3N(Cc3ccc(C)cc3)C2=O)cc1. The summed E-state index contributed by atoms with van der Waals surface area (Å²) in [5.74, 6) is 0.592. The molecular weight excluding hydrogens is 474 g/mol. The number of carbonyl (C=O) groups is 2. The number of rotatable bonds is 11. The summed E-state index contributed by atoms with van der Waals surface area (Å²) < 4.78 is 6.01. The molecule has 0 aliphatic carbocycles. The van der Waals surface area contributed by atoms with E-state index in [1.807, 2.05) is 67.6 Å². The Kier molecular flexibility index (Phi) is 9.33. The molecule has 4 rings (SSSR count). The number of nitrogens with one attached hydrogen (secondary N) is 1. The Morgan fingerprint density at radius 3 is 2.42 bits per heavy atom. The molecule has 0 radical (unpaired) electrons. The van der Waals surface area contributed by atoms with Crippen LogP contribution < -0.4 is 15.0 Å². The molecule has 0 bridgehead atoms. The average Bonchev–Trinajstić information content (AvgIpc) is 2.94. The first-order valence-corrected chi connectivity index (χ1v) is 13.4. The predicted octanol–water partition coefficient (Wildman–Crippen LogP) is 5.81. The molecular formula is C32H37N3O3. The van der Waals surface area contributed by atoms with Gasteiger partial charge in [0.25, 0.3) is 11.8 Å². The summed E-state index contributed by atoms with van der Waals surface area (Å²) in [5.41, 5.74) is 4.35. The number of likely N-dealkylation sites (N-methyl/N-ethyl adjacent to an activating group) is 1. The number of hydrogen-bond donors (Lipinski definition) is 1. The molecule has 3 aromatic carbocycles. The second-order valence-electron chi connectivity index (χ2n) is 9.62. The molecule has 0 fully saturated rings. The highest BCUT2D eigenvalue weighted by Gasteiger charge is 2.30. The minimum Gasteiger partial charge on any atom is -0.449 e.